The zero-order chi connectivity index (χ0) is 22.4. The highest BCUT2D eigenvalue weighted by molar-refractivity contribution is 5.80. The van der Waals surface area contributed by atoms with Crippen molar-refractivity contribution in [3.8, 4) is 0 Å². The molecule has 1 amide bonds. The summed E-state index contributed by atoms with van der Waals surface area (Å²) < 4.78 is 7.46. The average Bonchev–Trinajstić information content (AvgIpc) is 3.11. The topological polar surface area (TPSA) is 105 Å². The first-order chi connectivity index (χ1) is 14.1. The second kappa shape index (κ2) is 10.1. The number of fused-ring (bicyclic) bond motifs is 1. The smallest absolute Gasteiger partial charge is 0.408 e. The number of alkyl carbamates (subject to hydrolysis) is 1. The van der Waals surface area contributed by atoms with Gasteiger partial charge >= 0.3 is 6.09 Å². The molecule has 0 radical (unpaired) electrons. The van der Waals surface area contributed by atoms with Gasteiger partial charge in [0, 0.05) is 32.5 Å². The van der Waals surface area contributed by atoms with Gasteiger partial charge in [-0.3, -0.25) is 4.99 Å². The maximum Gasteiger partial charge on any atom is 0.408 e. The zero-order valence-corrected chi connectivity index (χ0v) is 19.6. The van der Waals surface area contributed by atoms with Crippen LogP contribution in [0.15, 0.2) is 4.99 Å². The lowest BCUT2D eigenvalue weighted by Gasteiger charge is -2.35. The van der Waals surface area contributed by atoms with Gasteiger partial charge in [0.1, 0.15) is 11.4 Å². The number of amides is 1. The molecule has 0 aromatic carbocycles. The Morgan fingerprint density at radius 1 is 1.27 bits per heavy atom. The standard InChI is InChI=1S/C21H39N7O2/c1-8-16-25-17-12-11-15(13-28(17)27-16)24-18(22-7)23-14-21(9-2,10-3)26-19(29)30-20(4,5)6/h15H,8-14H2,1-7H3,(H,26,29)(H2,22,23,24). The lowest BCUT2D eigenvalue weighted by Crippen LogP contribution is -2.58. The fraction of sp³-hybridized carbons (Fsp3) is 0.810. The van der Waals surface area contributed by atoms with Crippen molar-refractivity contribution in [2.45, 2.75) is 97.4 Å². The van der Waals surface area contributed by atoms with Gasteiger partial charge < -0.3 is 20.7 Å². The van der Waals surface area contributed by atoms with Gasteiger partial charge in [0.05, 0.1) is 12.1 Å². The van der Waals surface area contributed by atoms with Crippen LogP contribution in [-0.2, 0) is 24.1 Å². The quantitative estimate of drug-likeness (QED) is 0.461. The Labute approximate surface area is 180 Å². The molecule has 1 aliphatic heterocycles. The third-order valence-corrected chi connectivity index (χ3v) is 5.50. The maximum absolute atomic E-state index is 12.3. The molecule has 1 aromatic rings. The molecule has 0 aliphatic carbocycles. The summed E-state index contributed by atoms with van der Waals surface area (Å²) in [5, 5.41) is 14.5. The van der Waals surface area contributed by atoms with Crippen LogP contribution in [0.1, 0.15) is 72.5 Å². The number of hydrogen-bond acceptors (Lipinski definition) is 5. The third-order valence-electron chi connectivity index (χ3n) is 5.50. The van der Waals surface area contributed by atoms with E-state index in [-0.39, 0.29) is 6.04 Å². The fourth-order valence-electron chi connectivity index (χ4n) is 3.51. The van der Waals surface area contributed by atoms with Crippen molar-refractivity contribution in [3.05, 3.63) is 11.6 Å². The minimum atomic E-state index is -0.527. The molecule has 9 heteroatoms. The molecule has 0 spiro atoms. The predicted octanol–water partition coefficient (Wildman–Crippen LogP) is 2.40. The number of ether oxygens (including phenoxy) is 1. The number of aryl methyl sites for hydroxylation is 2. The molecule has 0 saturated carbocycles. The van der Waals surface area contributed by atoms with Gasteiger partial charge in [-0.2, -0.15) is 5.10 Å². The van der Waals surface area contributed by atoms with Crippen LogP contribution < -0.4 is 16.0 Å². The molecule has 3 N–H and O–H groups in total. The molecule has 1 aliphatic rings. The van der Waals surface area contributed by atoms with Crippen molar-refractivity contribution < 1.29 is 9.53 Å². The zero-order valence-electron chi connectivity index (χ0n) is 19.6. The van der Waals surface area contributed by atoms with Crippen molar-refractivity contribution in [2.75, 3.05) is 13.6 Å². The van der Waals surface area contributed by atoms with Crippen molar-refractivity contribution in [1.29, 1.82) is 0 Å². The lowest BCUT2D eigenvalue weighted by molar-refractivity contribution is 0.0448. The average molecular weight is 422 g/mol. The Kier molecular flexibility index (Phi) is 8.09. The van der Waals surface area contributed by atoms with E-state index in [0.717, 1.165) is 56.3 Å². The van der Waals surface area contributed by atoms with E-state index in [0.29, 0.717) is 6.54 Å². The molecular weight excluding hydrogens is 382 g/mol. The number of nitrogens with one attached hydrogen (secondary N) is 3. The summed E-state index contributed by atoms with van der Waals surface area (Å²) >= 11 is 0. The summed E-state index contributed by atoms with van der Waals surface area (Å²) in [6.07, 6.45) is 3.88. The lowest BCUT2D eigenvalue weighted by atomic mass is 9.93. The first-order valence-corrected chi connectivity index (χ1v) is 11.0. The van der Waals surface area contributed by atoms with E-state index in [2.05, 4.69) is 51.8 Å². The van der Waals surface area contributed by atoms with Crippen LogP contribution in [0, 0.1) is 0 Å². The van der Waals surface area contributed by atoms with Gasteiger partial charge in [0.15, 0.2) is 11.8 Å². The molecule has 1 atom stereocenters. The predicted molar refractivity (Wildman–Crippen MR) is 119 cm³/mol. The van der Waals surface area contributed by atoms with E-state index < -0.39 is 17.2 Å². The van der Waals surface area contributed by atoms with Crippen LogP contribution in [0.25, 0.3) is 0 Å². The second-order valence-corrected chi connectivity index (χ2v) is 8.90. The number of rotatable bonds is 7. The highest BCUT2D eigenvalue weighted by Crippen LogP contribution is 2.17. The normalized spacial score (nSPS) is 17.3. The third kappa shape index (κ3) is 6.60. The monoisotopic (exact) mass is 421 g/mol. The number of guanidine groups is 1. The summed E-state index contributed by atoms with van der Waals surface area (Å²) in [7, 11) is 1.76. The van der Waals surface area contributed by atoms with E-state index in [1.807, 2.05) is 25.5 Å². The number of aromatic nitrogens is 3. The highest BCUT2D eigenvalue weighted by atomic mass is 16.6. The molecule has 2 rings (SSSR count). The maximum atomic E-state index is 12.3. The van der Waals surface area contributed by atoms with Gasteiger partial charge in [-0.25, -0.2) is 14.5 Å². The molecule has 0 fully saturated rings. The first kappa shape index (κ1) is 24.0. The van der Waals surface area contributed by atoms with E-state index in [4.69, 9.17) is 4.74 Å². The molecule has 1 aromatic heterocycles. The number of aliphatic imine (C=N–C) groups is 1. The molecule has 9 nitrogen and oxygen atoms in total. The Bertz CT molecular complexity index is 732. The SMILES string of the molecule is CCc1nc2n(n1)CC(NC(=NC)NCC(CC)(CC)NC(=O)OC(C)(C)C)CC2. The largest absolute Gasteiger partial charge is 0.444 e. The van der Waals surface area contributed by atoms with Gasteiger partial charge in [-0.1, -0.05) is 20.8 Å². The van der Waals surface area contributed by atoms with Crippen LogP contribution in [0.3, 0.4) is 0 Å². The highest BCUT2D eigenvalue weighted by Gasteiger charge is 2.31. The van der Waals surface area contributed by atoms with Gasteiger partial charge in [0.25, 0.3) is 0 Å². The number of nitrogens with zero attached hydrogens (tertiary/aromatic N) is 4. The van der Waals surface area contributed by atoms with E-state index in [9.17, 15) is 4.79 Å². The second-order valence-electron chi connectivity index (χ2n) is 8.90. The Morgan fingerprint density at radius 3 is 2.53 bits per heavy atom. The molecule has 1 unspecified atom stereocenters. The molecule has 2 heterocycles. The Hall–Kier alpha value is -2.32. The van der Waals surface area contributed by atoms with Crippen LogP contribution >= 0.6 is 0 Å². The minimum absolute atomic E-state index is 0.228. The molecule has 170 valence electrons. The van der Waals surface area contributed by atoms with E-state index in [1.165, 1.54) is 0 Å². The van der Waals surface area contributed by atoms with Crippen LogP contribution in [0.4, 0.5) is 4.79 Å². The number of hydrogen-bond donors (Lipinski definition) is 3. The molecule has 0 bridgehead atoms. The van der Waals surface area contributed by atoms with Crippen molar-refractivity contribution >= 4 is 12.1 Å². The number of carbonyl (C=O) groups is 1. The Balaban J connectivity index is 1.94. The van der Waals surface area contributed by atoms with Crippen molar-refractivity contribution in [1.82, 2.24) is 30.7 Å². The van der Waals surface area contributed by atoms with Gasteiger partial charge in [0.2, 0.25) is 0 Å². The van der Waals surface area contributed by atoms with E-state index >= 15 is 0 Å². The summed E-state index contributed by atoms with van der Waals surface area (Å²) in [5.41, 5.74) is -0.942. The number of carbonyl (C=O) groups excluding carboxylic acids is 1. The summed E-state index contributed by atoms with van der Waals surface area (Å²) in [5.74, 6) is 2.68. The molecule has 0 saturated heterocycles. The van der Waals surface area contributed by atoms with E-state index in [1.54, 1.807) is 7.05 Å². The van der Waals surface area contributed by atoms with Crippen LogP contribution in [0.2, 0.25) is 0 Å². The van der Waals surface area contributed by atoms with Crippen molar-refractivity contribution in [3.63, 3.8) is 0 Å². The van der Waals surface area contributed by atoms with Crippen LogP contribution in [0.5, 0.6) is 0 Å². The molecule has 30 heavy (non-hydrogen) atoms. The summed E-state index contributed by atoms with van der Waals surface area (Å²) in [6, 6.07) is 0.228. The summed E-state index contributed by atoms with van der Waals surface area (Å²) in [4.78, 5) is 21.3. The fourth-order valence-corrected chi connectivity index (χ4v) is 3.51. The minimum Gasteiger partial charge on any atom is -0.444 e. The Morgan fingerprint density at radius 2 is 1.97 bits per heavy atom. The van der Waals surface area contributed by atoms with Crippen molar-refractivity contribution in [2.24, 2.45) is 4.99 Å². The molecular formula is C21H39N7O2. The van der Waals surface area contributed by atoms with Gasteiger partial charge in [-0.15, -0.1) is 0 Å². The summed E-state index contributed by atoms with van der Waals surface area (Å²) in [6.45, 7) is 13.1. The van der Waals surface area contributed by atoms with Crippen LogP contribution in [-0.4, -0.2) is 57.6 Å². The van der Waals surface area contributed by atoms with Gasteiger partial charge in [-0.05, 0) is 40.0 Å². The first-order valence-electron chi connectivity index (χ1n) is 11.0.